The lowest BCUT2D eigenvalue weighted by Crippen LogP contribution is -2.37. The summed E-state index contributed by atoms with van der Waals surface area (Å²) in [6, 6.07) is 1.31. The molecule has 0 atom stereocenters. The largest absolute Gasteiger partial charge is 0.478 e. The normalized spacial score (nSPS) is 11.0. The molecule has 0 radical (unpaired) electrons. The Hall–Kier alpha value is -2.35. The van der Waals surface area contributed by atoms with Crippen LogP contribution in [0, 0.1) is 0 Å². The van der Waals surface area contributed by atoms with Gasteiger partial charge in [0.25, 0.3) is 12.3 Å². The van der Waals surface area contributed by atoms with Gasteiger partial charge in [0.1, 0.15) is 0 Å². The van der Waals surface area contributed by atoms with Crippen molar-refractivity contribution in [3.05, 3.63) is 35.7 Å². The van der Waals surface area contributed by atoms with E-state index in [2.05, 4.69) is 4.98 Å². The van der Waals surface area contributed by atoms with Crippen LogP contribution in [0.4, 0.5) is 8.78 Å². The lowest BCUT2D eigenvalue weighted by atomic mass is 10.1. The number of aliphatic hydroxyl groups is 1. The van der Waals surface area contributed by atoms with Crippen LogP contribution >= 0.6 is 0 Å². The maximum Gasteiger partial charge on any atom is 0.328 e. The molecule has 1 aromatic heterocycles. The van der Waals surface area contributed by atoms with Crippen molar-refractivity contribution in [2.45, 2.75) is 6.43 Å². The van der Waals surface area contributed by atoms with Crippen molar-refractivity contribution in [1.82, 2.24) is 9.88 Å². The number of hydrogen-bond acceptors (Lipinski definition) is 4. The second-order valence-corrected chi connectivity index (χ2v) is 4.00. The standard InChI is InChI=1S/C13H14F2N2O4/c14-11(15)8-17(5-6-18)13(21)10-3-4-16-7-9(10)1-2-12(19)20/h1-4,7,11,18H,5-6,8H2,(H,19,20)/b2-1+. The van der Waals surface area contributed by atoms with Crippen LogP contribution < -0.4 is 0 Å². The topological polar surface area (TPSA) is 90.7 Å². The molecule has 0 unspecified atom stereocenters. The molecule has 0 fully saturated rings. The number of rotatable bonds is 7. The first-order valence-electron chi connectivity index (χ1n) is 5.99. The zero-order valence-corrected chi connectivity index (χ0v) is 10.9. The van der Waals surface area contributed by atoms with Gasteiger partial charge < -0.3 is 15.1 Å². The third-order valence-corrected chi connectivity index (χ3v) is 2.50. The molecule has 114 valence electrons. The summed E-state index contributed by atoms with van der Waals surface area (Å²) in [6.45, 7) is -1.51. The van der Waals surface area contributed by atoms with Crippen LogP contribution in [0.2, 0.25) is 0 Å². The highest BCUT2D eigenvalue weighted by Crippen LogP contribution is 2.13. The van der Waals surface area contributed by atoms with Gasteiger partial charge in [0.2, 0.25) is 0 Å². The predicted molar refractivity (Wildman–Crippen MR) is 69.9 cm³/mol. The molecule has 0 aliphatic carbocycles. The monoisotopic (exact) mass is 300 g/mol. The van der Waals surface area contributed by atoms with Crippen molar-refractivity contribution in [2.24, 2.45) is 0 Å². The molecule has 6 nitrogen and oxygen atoms in total. The van der Waals surface area contributed by atoms with Gasteiger partial charge in [0.05, 0.1) is 13.2 Å². The first kappa shape index (κ1) is 16.7. The summed E-state index contributed by atoms with van der Waals surface area (Å²) in [5.74, 6) is -1.94. The number of carbonyl (C=O) groups excluding carboxylic acids is 1. The number of hydrogen-bond donors (Lipinski definition) is 2. The van der Waals surface area contributed by atoms with Crippen LogP contribution in [0.25, 0.3) is 6.08 Å². The summed E-state index contributed by atoms with van der Waals surface area (Å²) >= 11 is 0. The van der Waals surface area contributed by atoms with Crippen LogP contribution in [0.15, 0.2) is 24.5 Å². The number of pyridine rings is 1. The molecule has 1 amide bonds. The molecule has 0 bridgehead atoms. The van der Waals surface area contributed by atoms with E-state index < -0.39 is 31.5 Å². The number of amides is 1. The molecule has 0 aliphatic heterocycles. The van der Waals surface area contributed by atoms with E-state index >= 15 is 0 Å². The summed E-state index contributed by atoms with van der Waals surface area (Å²) in [7, 11) is 0. The molecule has 0 saturated carbocycles. The highest BCUT2D eigenvalue weighted by Gasteiger charge is 2.21. The van der Waals surface area contributed by atoms with Gasteiger partial charge in [-0.1, -0.05) is 0 Å². The Morgan fingerprint density at radius 1 is 1.43 bits per heavy atom. The van der Waals surface area contributed by atoms with Gasteiger partial charge in [-0.15, -0.1) is 0 Å². The number of aromatic nitrogens is 1. The molecule has 1 rings (SSSR count). The number of carboxylic acid groups (broad SMARTS) is 1. The van der Waals surface area contributed by atoms with E-state index in [4.69, 9.17) is 10.2 Å². The second-order valence-electron chi connectivity index (χ2n) is 4.00. The van der Waals surface area contributed by atoms with Crippen molar-refractivity contribution in [3.63, 3.8) is 0 Å². The number of aliphatic hydroxyl groups excluding tert-OH is 1. The average Bonchev–Trinajstić information content (AvgIpc) is 2.43. The van der Waals surface area contributed by atoms with E-state index in [1.807, 2.05) is 0 Å². The average molecular weight is 300 g/mol. The van der Waals surface area contributed by atoms with Gasteiger partial charge in [0, 0.05) is 36.1 Å². The zero-order chi connectivity index (χ0) is 15.8. The second kappa shape index (κ2) is 8.05. The molecule has 0 saturated heterocycles. The Bertz CT molecular complexity index is 535. The molecule has 1 heterocycles. The fraction of sp³-hybridized carbons (Fsp3) is 0.308. The first-order chi connectivity index (χ1) is 9.95. The van der Waals surface area contributed by atoms with E-state index in [0.29, 0.717) is 0 Å². The van der Waals surface area contributed by atoms with Crippen molar-refractivity contribution in [2.75, 3.05) is 19.7 Å². The quantitative estimate of drug-likeness (QED) is 0.729. The Morgan fingerprint density at radius 2 is 2.14 bits per heavy atom. The lowest BCUT2D eigenvalue weighted by Gasteiger charge is -2.22. The molecule has 8 heteroatoms. The third kappa shape index (κ3) is 5.27. The van der Waals surface area contributed by atoms with Crippen LogP contribution in [-0.2, 0) is 4.79 Å². The van der Waals surface area contributed by atoms with Crippen LogP contribution in [0.5, 0.6) is 0 Å². The van der Waals surface area contributed by atoms with Crippen LogP contribution in [0.1, 0.15) is 15.9 Å². The highest BCUT2D eigenvalue weighted by molar-refractivity contribution is 5.98. The van der Waals surface area contributed by atoms with Gasteiger partial charge in [-0.05, 0) is 12.1 Å². The fourth-order valence-corrected chi connectivity index (χ4v) is 1.63. The summed E-state index contributed by atoms with van der Waals surface area (Å²) in [5, 5.41) is 17.4. The summed E-state index contributed by atoms with van der Waals surface area (Å²) < 4.78 is 24.9. The van der Waals surface area contributed by atoms with Gasteiger partial charge >= 0.3 is 5.97 Å². The smallest absolute Gasteiger partial charge is 0.328 e. The van der Waals surface area contributed by atoms with Crippen LogP contribution in [-0.4, -0.2) is 58.1 Å². The highest BCUT2D eigenvalue weighted by atomic mass is 19.3. The van der Waals surface area contributed by atoms with Crippen LogP contribution in [0.3, 0.4) is 0 Å². The molecular formula is C13H14F2N2O4. The molecule has 2 N–H and O–H groups in total. The third-order valence-electron chi connectivity index (χ3n) is 2.50. The SMILES string of the molecule is O=C(O)/C=C/c1cnccc1C(=O)N(CCO)CC(F)F. The number of halogens is 2. The fourth-order valence-electron chi connectivity index (χ4n) is 1.63. The number of carboxylic acids is 1. The maximum absolute atomic E-state index is 12.5. The van der Waals surface area contributed by atoms with Crippen molar-refractivity contribution in [1.29, 1.82) is 0 Å². The number of alkyl halides is 2. The van der Waals surface area contributed by atoms with Gasteiger partial charge in [-0.2, -0.15) is 0 Å². The van der Waals surface area contributed by atoms with Crippen molar-refractivity contribution < 1.29 is 28.6 Å². The van der Waals surface area contributed by atoms with Crippen molar-refractivity contribution >= 4 is 18.0 Å². The Labute approximate surface area is 119 Å². The molecular weight excluding hydrogens is 286 g/mol. The summed E-state index contributed by atoms with van der Waals surface area (Å²) in [6.07, 6.45) is 1.79. The van der Waals surface area contributed by atoms with Gasteiger partial charge in [-0.25, -0.2) is 13.6 Å². The molecule has 0 aromatic carbocycles. The van der Waals surface area contributed by atoms with E-state index in [1.54, 1.807) is 0 Å². The van der Waals surface area contributed by atoms with Crippen molar-refractivity contribution in [3.8, 4) is 0 Å². The van der Waals surface area contributed by atoms with E-state index in [1.165, 1.54) is 18.5 Å². The van der Waals surface area contributed by atoms with Gasteiger partial charge in [-0.3, -0.25) is 9.78 Å². The van der Waals surface area contributed by atoms with E-state index in [-0.39, 0.29) is 17.7 Å². The molecule has 0 spiro atoms. The van der Waals surface area contributed by atoms with Gasteiger partial charge in [0.15, 0.2) is 0 Å². The van der Waals surface area contributed by atoms with E-state index in [9.17, 15) is 18.4 Å². The predicted octanol–water partition coefficient (Wildman–Crippen LogP) is 0.879. The molecule has 21 heavy (non-hydrogen) atoms. The Morgan fingerprint density at radius 3 is 2.71 bits per heavy atom. The Balaban J connectivity index is 3.06. The summed E-state index contributed by atoms with van der Waals surface area (Å²) in [5.41, 5.74) is 0.235. The minimum Gasteiger partial charge on any atom is -0.478 e. The number of carbonyl (C=O) groups is 2. The number of nitrogens with zero attached hydrogens (tertiary/aromatic N) is 2. The molecule has 1 aromatic rings. The van der Waals surface area contributed by atoms with E-state index in [0.717, 1.165) is 17.1 Å². The minimum atomic E-state index is -2.74. The Kier molecular flexibility index (Phi) is 6.41. The zero-order valence-electron chi connectivity index (χ0n) is 10.9. The lowest BCUT2D eigenvalue weighted by molar-refractivity contribution is -0.131. The summed E-state index contributed by atoms with van der Waals surface area (Å²) in [4.78, 5) is 27.3. The maximum atomic E-state index is 12.5. The number of aliphatic carboxylic acids is 1. The molecule has 0 aliphatic rings. The first-order valence-corrected chi connectivity index (χ1v) is 5.99. The minimum absolute atomic E-state index is 0.0385.